The van der Waals surface area contributed by atoms with Crippen LogP contribution >= 0.6 is 11.3 Å². The summed E-state index contributed by atoms with van der Waals surface area (Å²) in [5, 5.41) is 15.3. The summed E-state index contributed by atoms with van der Waals surface area (Å²) in [5.41, 5.74) is 4.75. The van der Waals surface area contributed by atoms with Crippen molar-refractivity contribution in [2.24, 2.45) is 5.10 Å². The topological polar surface area (TPSA) is 115 Å². The van der Waals surface area contributed by atoms with Gasteiger partial charge in [0, 0.05) is 5.56 Å². The van der Waals surface area contributed by atoms with Gasteiger partial charge in [0.15, 0.2) is 11.5 Å². The normalized spacial score (nSPS) is 11.6. The first kappa shape index (κ1) is 25.5. The summed E-state index contributed by atoms with van der Waals surface area (Å²) >= 11 is 1.13. The molecule has 9 nitrogen and oxygen atoms in total. The molecular formula is C27H25N5O4S. The Morgan fingerprint density at radius 1 is 1.00 bits per heavy atom. The van der Waals surface area contributed by atoms with Gasteiger partial charge in [-0.3, -0.25) is 14.9 Å². The maximum absolute atomic E-state index is 12.3. The second-order valence-electron chi connectivity index (χ2n) is 7.87. The summed E-state index contributed by atoms with van der Waals surface area (Å²) in [4.78, 5) is 24.5. The molecule has 188 valence electrons. The van der Waals surface area contributed by atoms with E-state index in [1.54, 1.807) is 43.5 Å². The van der Waals surface area contributed by atoms with E-state index < -0.39 is 0 Å². The number of aromatic nitrogens is 2. The molecule has 37 heavy (non-hydrogen) atoms. The van der Waals surface area contributed by atoms with Crippen molar-refractivity contribution < 1.29 is 19.1 Å². The van der Waals surface area contributed by atoms with Crippen molar-refractivity contribution in [2.75, 3.05) is 12.4 Å². The molecule has 0 fully saturated rings. The van der Waals surface area contributed by atoms with E-state index in [1.165, 1.54) is 6.21 Å². The summed E-state index contributed by atoms with van der Waals surface area (Å²) in [6.45, 7) is 1.97. The van der Waals surface area contributed by atoms with Gasteiger partial charge in [0.05, 0.1) is 19.7 Å². The number of amides is 2. The van der Waals surface area contributed by atoms with E-state index in [1.807, 2.05) is 49.4 Å². The largest absolute Gasteiger partial charge is 0.493 e. The summed E-state index contributed by atoms with van der Waals surface area (Å²) in [6, 6.07) is 24.1. The monoisotopic (exact) mass is 515 g/mol. The molecule has 0 aliphatic rings. The minimum absolute atomic E-state index is 0.0241. The van der Waals surface area contributed by atoms with Gasteiger partial charge in [-0.25, -0.2) is 5.43 Å². The summed E-state index contributed by atoms with van der Waals surface area (Å²) < 4.78 is 11.5. The lowest BCUT2D eigenvalue weighted by atomic mass is 10.1. The maximum atomic E-state index is 12.3. The Kier molecular flexibility index (Phi) is 8.56. The van der Waals surface area contributed by atoms with Gasteiger partial charge in [0.25, 0.3) is 5.91 Å². The number of ether oxygens (including phenoxy) is 2. The lowest BCUT2D eigenvalue weighted by Crippen LogP contribution is -2.19. The fraction of sp³-hybridized carbons (Fsp3) is 0.148. The average molecular weight is 516 g/mol. The molecule has 2 amide bonds. The van der Waals surface area contributed by atoms with Crippen LogP contribution in [0.25, 0.3) is 0 Å². The van der Waals surface area contributed by atoms with E-state index in [0.29, 0.717) is 27.2 Å². The van der Waals surface area contributed by atoms with Crippen LogP contribution in [0.1, 0.15) is 39.5 Å². The molecule has 0 saturated heterocycles. The van der Waals surface area contributed by atoms with Crippen LogP contribution in [0, 0.1) is 0 Å². The van der Waals surface area contributed by atoms with E-state index in [-0.39, 0.29) is 24.3 Å². The fourth-order valence-electron chi connectivity index (χ4n) is 3.33. The Morgan fingerprint density at radius 3 is 2.46 bits per heavy atom. The van der Waals surface area contributed by atoms with E-state index in [2.05, 4.69) is 26.0 Å². The number of anilines is 1. The minimum atomic E-state index is -0.364. The zero-order valence-corrected chi connectivity index (χ0v) is 21.1. The van der Waals surface area contributed by atoms with Crippen LogP contribution in [0.15, 0.2) is 84.0 Å². The lowest BCUT2D eigenvalue weighted by molar-refractivity contribution is -0.120. The van der Waals surface area contributed by atoms with Gasteiger partial charge in [0.2, 0.25) is 11.0 Å². The van der Waals surface area contributed by atoms with Crippen LogP contribution < -0.4 is 20.2 Å². The zero-order valence-electron chi connectivity index (χ0n) is 20.3. The number of hydrogen-bond donors (Lipinski definition) is 2. The molecule has 2 N–H and O–H groups in total. The first-order valence-corrected chi connectivity index (χ1v) is 12.2. The van der Waals surface area contributed by atoms with Crippen molar-refractivity contribution in [1.82, 2.24) is 15.6 Å². The molecule has 3 aromatic carbocycles. The standard InChI is InChI=1S/C27H25N5O4S/c1-18(20-9-5-3-6-10-20)36-22-14-13-19(15-23(22)35-2)17-28-30-24(33)16-25-31-32-27(37-25)29-26(34)21-11-7-4-8-12-21/h3-15,17-18H,16H2,1-2H3,(H,30,33)(H,29,32,34)/t18-/m0/s1. The first-order chi connectivity index (χ1) is 18.0. The van der Waals surface area contributed by atoms with Crippen LogP contribution in [0.2, 0.25) is 0 Å². The van der Waals surface area contributed by atoms with Crippen LogP contribution in [-0.4, -0.2) is 35.3 Å². The summed E-state index contributed by atoms with van der Waals surface area (Å²) in [6.07, 6.45) is 1.33. The highest BCUT2D eigenvalue weighted by Crippen LogP contribution is 2.31. The third-order valence-electron chi connectivity index (χ3n) is 5.20. The zero-order chi connectivity index (χ0) is 26.0. The second-order valence-corrected chi connectivity index (χ2v) is 8.93. The third-order valence-corrected chi connectivity index (χ3v) is 6.04. The Labute approximate surface area is 218 Å². The number of nitrogens with one attached hydrogen (secondary N) is 2. The van der Waals surface area contributed by atoms with Crippen molar-refractivity contribution in [3.05, 3.63) is 101 Å². The first-order valence-electron chi connectivity index (χ1n) is 11.4. The predicted octanol–water partition coefficient (Wildman–Crippen LogP) is 4.63. The number of hydrogen-bond acceptors (Lipinski definition) is 8. The van der Waals surface area contributed by atoms with E-state index in [9.17, 15) is 9.59 Å². The molecule has 0 unspecified atom stereocenters. The van der Waals surface area contributed by atoms with E-state index >= 15 is 0 Å². The Bertz CT molecular complexity index is 1380. The molecule has 0 saturated carbocycles. The fourth-order valence-corrected chi connectivity index (χ4v) is 4.07. The number of rotatable bonds is 10. The smallest absolute Gasteiger partial charge is 0.257 e. The van der Waals surface area contributed by atoms with Crippen molar-refractivity contribution in [2.45, 2.75) is 19.4 Å². The molecule has 0 bridgehead atoms. The van der Waals surface area contributed by atoms with Crippen LogP contribution in [0.3, 0.4) is 0 Å². The van der Waals surface area contributed by atoms with Crippen molar-refractivity contribution in [1.29, 1.82) is 0 Å². The maximum Gasteiger partial charge on any atom is 0.257 e. The average Bonchev–Trinajstić information content (AvgIpc) is 3.36. The van der Waals surface area contributed by atoms with Crippen molar-refractivity contribution in [3.63, 3.8) is 0 Å². The van der Waals surface area contributed by atoms with Crippen LogP contribution in [-0.2, 0) is 11.2 Å². The number of hydrazone groups is 1. The highest BCUT2D eigenvalue weighted by atomic mass is 32.1. The van der Waals surface area contributed by atoms with Crippen molar-refractivity contribution >= 4 is 34.5 Å². The van der Waals surface area contributed by atoms with Gasteiger partial charge in [-0.2, -0.15) is 5.10 Å². The van der Waals surface area contributed by atoms with E-state index in [4.69, 9.17) is 9.47 Å². The molecule has 4 rings (SSSR count). The molecule has 10 heteroatoms. The molecule has 1 heterocycles. The van der Waals surface area contributed by atoms with Gasteiger partial charge >= 0.3 is 0 Å². The van der Waals surface area contributed by atoms with Gasteiger partial charge in [-0.1, -0.05) is 59.9 Å². The van der Waals surface area contributed by atoms with Gasteiger partial charge in [0.1, 0.15) is 11.1 Å². The minimum Gasteiger partial charge on any atom is -0.493 e. The predicted molar refractivity (Wildman–Crippen MR) is 142 cm³/mol. The summed E-state index contributed by atoms with van der Waals surface area (Å²) in [7, 11) is 1.57. The van der Waals surface area contributed by atoms with Crippen LogP contribution in [0.4, 0.5) is 5.13 Å². The molecule has 1 aromatic heterocycles. The molecule has 1 atom stereocenters. The number of methoxy groups -OCH3 is 1. The third kappa shape index (κ3) is 7.21. The molecule has 0 radical (unpaired) electrons. The van der Waals surface area contributed by atoms with Crippen molar-refractivity contribution in [3.8, 4) is 11.5 Å². The van der Waals surface area contributed by atoms with E-state index in [0.717, 1.165) is 22.5 Å². The Morgan fingerprint density at radius 2 is 1.73 bits per heavy atom. The highest BCUT2D eigenvalue weighted by Gasteiger charge is 2.13. The molecule has 4 aromatic rings. The van der Waals surface area contributed by atoms with Gasteiger partial charge in [-0.05, 0) is 48.4 Å². The Hall–Kier alpha value is -4.57. The van der Waals surface area contributed by atoms with Gasteiger partial charge < -0.3 is 9.47 Å². The van der Waals surface area contributed by atoms with Crippen LogP contribution in [0.5, 0.6) is 11.5 Å². The number of carbonyl (C=O) groups is 2. The number of carbonyl (C=O) groups excluding carboxylic acids is 2. The Balaban J connectivity index is 1.29. The summed E-state index contributed by atoms with van der Waals surface area (Å²) in [5.74, 6) is 0.499. The number of benzene rings is 3. The quantitative estimate of drug-likeness (QED) is 0.235. The number of nitrogens with zero attached hydrogens (tertiary/aromatic N) is 3. The molecule has 0 aliphatic carbocycles. The van der Waals surface area contributed by atoms with Gasteiger partial charge in [-0.15, -0.1) is 10.2 Å². The molecule has 0 spiro atoms. The second kappa shape index (κ2) is 12.4. The SMILES string of the molecule is COc1cc(C=NNC(=O)Cc2nnc(NC(=O)c3ccccc3)s2)ccc1O[C@@H](C)c1ccccc1. The lowest BCUT2D eigenvalue weighted by Gasteiger charge is -2.17. The molecular weight excluding hydrogens is 490 g/mol. The highest BCUT2D eigenvalue weighted by molar-refractivity contribution is 7.15. The molecule has 0 aliphatic heterocycles.